The number of benzene rings is 1. The van der Waals surface area contributed by atoms with Crippen LogP contribution >= 0.6 is 11.8 Å². The summed E-state index contributed by atoms with van der Waals surface area (Å²) in [6.45, 7) is 3.94. The molecule has 1 unspecified atom stereocenters. The van der Waals surface area contributed by atoms with E-state index in [-0.39, 0.29) is 11.9 Å². The van der Waals surface area contributed by atoms with Gasteiger partial charge in [0.25, 0.3) is 0 Å². The lowest BCUT2D eigenvalue weighted by atomic mass is 10.1. The van der Waals surface area contributed by atoms with Crippen LogP contribution in [0.1, 0.15) is 49.8 Å². The molecule has 106 valence electrons. The molecule has 1 atom stereocenters. The lowest BCUT2D eigenvalue weighted by molar-refractivity contribution is 0.593. The van der Waals surface area contributed by atoms with Crippen molar-refractivity contribution in [1.29, 1.82) is 0 Å². The number of rotatable bonds is 5. The first-order chi connectivity index (χ1) is 9.11. The van der Waals surface area contributed by atoms with Crippen LogP contribution in [0.25, 0.3) is 0 Å². The second-order valence-electron chi connectivity index (χ2n) is 5.61. The van der Waals surface area contributed by atoms with Crippen LogP contribution in [0.15, 0.2) is 17.0 Å². The molecule has 0 radical (unpaired) electrons. The molecule has 0 aromatic heterocycles. The molecule has 1 saturated carbocycles. The predicted molar refractivity (Wildman–Crippen MR) is 81.3 cm³/mol. The zero-order valence-corrected chi connectivity index (χ0v) is 12.9. The Labute approximate surface area is 120 Å². The van der Waals surface area contributed by atoms with Gasteiger partial charge in [-0.3, -0.25) is 0 Å². The molecule has 2 rings (SSSR count). The zero-order chi connectivity index (χ0) is 13.8. The minimum absolute atomic E-state index is 0.0951. The quantitative estimate of drug-likeness (QED) is 0.785. The Morgan fingerprint density at radius 1 is 1.37 bits per heavy atom. The van der Waals surface area contributed by atoms with E-state index in [0.29, 0.717) is 0 Å². The number of hydrogen-bond acceptors (Lipinski definition) is 2. The second-order valence-corrected chi connectivity index (χ2v) is 6.67. The maximum Gasteiger partial charge on any atom is 0.126 e. The van der Waals surface area contributed by atoms with Gasteiger partial charge in [-0.15, -0.1) is 11.8 Å². The van der Waals surface area contributed by atoms with Crippen molar-refractivity contribution in [2.24, 2.45) is 5.92 Å². The van der Waals surface area contributed by atoms with Gasteiger partial charge in [0.05, 0.1) is 0 Å². The third-order valence-corrected chi connectivity index (χ3v) is 5.44. The molecular weight excluding hydrogens is 257 g/mol. The van der Waals surface area contributed by atoms with Gasteiger partial charge in [-0.05, 0) is 62.9 Å². The summed E-state index contributed by atoms with van der Waals surface area (Å²) in [4.78, 5) is 1.24. The molecular formula is C16H24FNS. The fourth-order valence-electron chi connectivity index (χ4n) is 2.67. The normalized spacial score (nSPS) is 17.9. The number of aryl methyl sites for hydroxylation is 1. The third kappa shape index (κ3) is 3.73. The summed E-state index contributed by atoms with van der Waals surface area (Å²) >= 11 is 1.90. The fraction of sp³-hybridized carbons (Fsp3) is 0.625. The maximum absolute atomic E-state index is 13.8. The van der Waals surface area contributed by atoms with Gasteiger partial charge >= 0.3 is 0 Å². The molecule has 1 aromatic rings. The van der Waals surface area contributed by atoms with Crippen molar-refractivity contribution >= 4 is 11.8 Å². The molecule has 0 aliphatic heterocycles. The van der Waals surface area contributed by atoms with Gasteiger partial charge in [0.2, 0.25) is 0 Å². The lowest BCUT2D eigenvalue weighted by Crippen LogP contribution is -2.14. The molecule has 0 saturated heterocycles. The summed E-state index contributed by atoms with van der Waals surface area (Å²) in [6, 6.07) is 3.91. The van der Waals surface area contributed by atoms with Crippen molar-refractivity contribution in [3.05, 3.63) is 29.1 Å². The molecule has 1 aliphatic carbocycles. The summed E-state index contributed by atoms with van der Waals surface area (Å²) in [5.41, 5.74) is 1.84. The molecule has 3 heteroatoms. The van der Waals surface area contributed by atoms with Crippen LogP contribution in [0.3, 0.4) is 0 Å². The largest absolute Gasteiger partial charge is 0.313 e. The van der Waals surface area contributed by atoms with Crippen molar-refractivity contribution in [2.75, 3.05) is 12.8 Å². The molecule has 0 heterocycles. The molecule has 0 bridgehead atoms. The minimum Gasteiger partial charge on any atom is -0.313 e. The predicted octanol–water partition coefficient (Wildman–Crippen LogP) is 4.70. The molecule has 0 amide bonds. The molecule has 1 fully saturated rings. The van der Waals surface area contributed by atoms with E-state index in [1.807, 2.05) is 31.8 Å². The van der Waals surface area contributed by atoms with Gasteiger partial charge < -0.3 is 5.32 Å². The van der Waals surface area contributed by atoms with Gasteiger partial charge in [0.15, 0.2) is 0 Å². The molecule has 19 heavy (non-hydrogen) atoms. The van der Waals surface area contributed by atoms with E-state index in [4.69, 9.17) is 0 Å². The first kappa shape index (κ1) is 14.9. The van der Waals surface area contributed by atoms with Crippen LogP contribution in [-0.4, -0.2) is 12.8 Å². The van der Waals surface area contributed by atoms with Crippen LogP contribution in [0.4, 0.5) is 4.39 Å². The average molecular weight is 281 g/mol. The van der Waals surface area contributed by atoms with Crippen molar-refractivity contribution in [1.82, 2.24) is 5.32 Å². The molecule has 1 aliphatic rings. The maximum atomic E-state index is 13.8. The second kappa shape index (κ2) is 6.76. The van der Waals surface area contributed by atoms with E-state index in [2.05, 4.69) is 12.2 Å². The van der Waals surface area contributed by atoms with E-state index in [1.54, 1.807) is 6.07 Å². The third-order valence-electron chi connectivity index (χ3n) is 4.14. The van der Waals surface area contributed by atoms with Crippen LogP contribution in [0.2, 0.25) is 0 Å². The molecule has 0 spiro atoms. The summed E-state index contributed by atoms with van der Waals surface area (Å²) in [5, 5.41) is 3.22. The summed E-state index contributed by atoms with van der Waals surface area (Å²) in [6.07, 6.45) is 5.50. The Balaban J connectivity index is 2.14. The van der Waals surface area contributed by atoms with Gasteiger partial charge in [-0.1, -0.05) is 12.8 Å². The van der Waals surface area contributed by atoms with Crippen LogP contribution in [-0.2, 0) is 0 Å². The topological polar surface area (TPSA) is 12.0 Å². The summed E-state index contributed by atoms with van der Waals surface area (Å²) < 4.78 is 13.8. The average Bonchev–Trinajstić information content (AvgIpc) is 2.92. The highest BCUT2D eigenvalue weighted by molar-refractivity contribution is 7.99. The molecule has 1 nitrogen and oxygen atoms in total. The van der Waals surface area contributed by atoms with E-state index in [0.717, 1.165) is 17.0 Å². The Morgan fingerprint density at radius 3 is 2.68 bits per heavy atom. The van der Waals surface area contributed by atoms with Crippen LogP contribution < -0.4 is 5.32 Å². The zero-order valence-electron chi connectivity index (χ0n) is 12.1. The Kier molecular flexibility index (Phi) is 5.28. The van der Waals surface area contributed by atoms with Crippen molar-refractivity contribution in [2.45, 2.75) is 50.5 Å². The van der Waals surface area contributed by atoms with E-state index in [1.165, 1.54) is 36.3 Å². The number of nitrogens with one attached hydrogen (secondary N) is 1. The molecule has 1 aromatic carbocycles. The monoisotopic (exact) mass is 281 g/mol. The summed E-state index contributed by atoms with van der Waals surface area (Å²) in [5.74, 6) is 1.93. The van der Waals surface area contributed by atoms with Gasteiger partial charge in [-0.25, -0.2) is 4.39 Å². The first-order valence-corrected chi connectivity index (χ1v) is 8.20. The minimum atomic E-state index is -0.0951. The van der Waals surface area contributed by atoms with Gasteiger partial charge in [-0.2, -0.15) is 0 Å². The highest BCUT2D eigenvalue weighted by Crippen LogP contribution is 2.35. The number of thioether (sulfide) groups is 1. The first-order valence-electron chi connectivity index (χ1n) is 7.22. The smallest absolute Gasteiger partial charge is 0.126 e. The van der Waals surface area contributed by atoms with E-state index >= 15 is 0 Å². The van der Waals surface area contributed by atoms with Crippen LogP contribution in [0, 0.1) is 18.7 Å². The summed E-state index contributed by atoms with van der Waals surface area (Å²) in [7, 11) is 1.92. The Morgan fingerprint density at radius 2 is 2.05 bits per heavy atom. The highest BCUT2D eigenvalue weighted by atomic mass is 32.2. The van der Waals surface area contributed by atoms with Gasteiger partial charge in [0, 0.05) is 16.7 Å². The SMILES string of the molecule is CNC(C)c1cc(F)c(C)cc1SCC1CCCC1. The fourth-order valence-corrected chi connectivity index (χ4v) is 4.09. The van der Waals surface area contributed by atoms with Gasteiger partial charge in [0.1, 0.15) is 5.82 Å². The van der Waals surface area contributed by atoms with Crippen molar-refractivity contribution in [3.8, 4) is 0 Å². The lowest BCUT2D eigenvalue weighted by Gasteiger charge is -2.18. The number of hydrogen-bond donors (Lipinski definition) is 1. The molecule has 1 N–H and O–H groups in total. The van der Waals surface area contributed by atoms with Crippen LogP contribution in [0.5, 0.6) is 0 Å². The number of halogens is 1. The van der Waals surface area contributed by atoms with E-state index in [9.17, 15) is 4.39 Å². The van der Waals surface area contributed by atoms with Crippen molar-refractivity contribution in [3.63, 3.8) is 0 Å². The highest BCUT2D eigenvalue weighted by Gasteiger charge is 2.18. The van der Waals surface area contributed by atoms with E-state index < -0.39 is 0 Å². The Bertz CT molecular complexity index is 427. The Hall–Kier alpha value is -0.540. The standard InChI is InChI=1S/C16H24FNS/c1-11-8-16(19-10-13-6-4-5-7-13)14(9-15(11)17)12(2)18-3/h8-9,12-13,18H,4-7,10H2,1-3H3. The van der Waals surface area contributed by atoms with Crippen molar-refractivity contribution < 1.29 is 4.39 Å².